The molecular weight excluding hydrogens is 276 g/mol. The molecule has 0 saturated heterocycles. The Balaban J connectivity index is 2.65. The topological polar surface area (TPSA) is 46.5 Å². The first-order valence-corrected chi connectivity index (χ1v) is 8.15. The fourth-order valence-corrected chi connectivity index (χ4v) is 3.66. The number of carboxylic acid groups (broad SMARTS) is 1. The van der Waals surface area contributed by atoms with Gasteiger partial charge in [-0.2, -0.15) is 0 Å². The molecule has 0 aliphatic heterocycles. The van der Waals surface area contributed by atoms with Crippen molar-refractivity contribution in [3.63, 3.8) is 0 Å². The van der Waals surface area contributed by atoms with Crippen LogP contribution in [0.5, 0.6) is 5.75 Å². The number of aliphatic carboxylic acids is 1. The highest BCUT2D eigenvalue weighted by Gasteiger charge is 2.42. The van der Waals surface area contributed by atoms with Crippen molar-refractivity contribution >= 4 is 5.97 Å². The molecule has 0 atom stereocenters. The van der Waals surface area contributed by atoms with Gasteiger partial charge in [-0.3, -0.25) is 4.79 Å². The van der Waals surface area contributed by atoms with Crippen molar-refractivity contribution in [2.24, 2.45) is 0 Å². The third-order valence-electron chi connectivity index (χ3n) is 4.96. The molecule has 0 unspecified atom stereocenters. The predicted octanol–water partition coefficient (Wildman–Crippen LogP) is 4.59. The lowest BCUT2D eigenvalue weighted by Crippen LogP contribution is -2.38. The minimum atomic E-state index is -0.727. The number of aryl methyl sites for hydroxylation is 1. The van der Waals surface area contributed by atoms with E-state index < -0.39 is 11.4 Å². The number of carboxylic acids is 1. The summed E-state index contributed by atoms with van der Waals surface area (Å²) in [7, 11) is 1.69. The molecule has 3 nitrogen and oxygen atoms in total. The molecule has 0 aromatic heterocycles. The van der Waals surface area contributed by atoms with Crippen molar-refractivity contribution in [3.05, 3.63) is 28.8 Å². The van der Waals surface area contributed by atoms with Crippen LogP contribution in [0.25, 0.3) is 0 Å². The van der Waals surface area contributed by atoms with Gasteiger partial charge in [0.1, 0.15) is 5.75 Å². The Morgan fingerprint density at radius 3 is 2.23 bits per heavy atom. The summed E-state index contributed by atoms with van der Waals surface area (Å²) in [5.41, 5.74) is 2.26. The maximum atomic E-state index is 12.1. The number of ether oxygens (including phenoxy) is 1. The molecule has 1 aromatic rings. The Morgan fingerprint density at radius 1 is 1.18 bits per heavy atom. The second-order valence-corrected chi connectivity index (χ2v) is 7.57. The molecule has 3 heteroatoms. The molecule has 22 heavy (non-hydrogen) atoms. The molecule has 1 aromatic carbocycles. The molecule has 1 aliphatic carbocycles. The van der Waals surface area contributed by atoms with Crippen LogP contribution in [-0.4, -0.2) is 18.2 Å². The van der Waals surface area contributed by atoms with E-state index in [1.54, 1.807) is 7.11 Å². The number of hydrogen-bond donors (Lipinski definition) is 1. The van der Waals surface area contributed by atoms with E-state index in [0.29, 0.717) is 0 Å². The van der Waals surface area contributed by atoms with Gasteiger partial charge < -0.3 is 9.84 Å². The van der Waals surface area contributed by atoms with Gasteiger partial charge in [-0.05, 0) is 36.3 Å². The monoisotopic (exact) mass is 304 g/mol. The number of benzene rings is 1. The fourth-order valence-electron chi connectivity index (χ4n) is 3.66. The molecule has 0 amide bonds. The summed E-state index contributed by atoms with van der Waals surface area (Å²) in [5.74, 6) is 0.198. The van der Waals surface area contributed by atoms with Crippen LogP contribution in [0, 0.1) is 6.92 Å². The first kappa shape index (κ1) is 16.9. The standard InChI is InChI=1S/C19H28O3/c1-13-11-14(12-15(16(13)22-5)18(2,3)4)19(17(20)21)9-7-6-8-10-19/h11-12H,6-10H2,1-5H3,(H,20,21). The summed E-state index contributed by atoms with van der Waals surface area (Å²) in [5, 5.41) is 9.92. The molecule has 0 heterocycles. The van der Waals surface area contributed by atoms with Crippen LogP contribution in [-0.2, 0) is 15.6 Å². The Morgan fingerprint density at radius 2 is 1.77 bits per heavy atom. The molecule has 0 spiro atoms. The van der Waals surface area contributed by atoms with E-state index in [2.05, 4.69) is 26.8 Å². The van der Waals surface area contributed by atoms with Crippen molar-refractivity contribution in [1.82, 2.24) is 0 Å². The van der Waals surface area contributed by atoms with Gasteiger partial charge in [0.05, 0.1) is 12.5 Å². The van der Waals surface area contributed by atoms with E-state index in [1.807, 2.05) is 13.0 Å². The van der Waals surface area contributed by atoms with Gasteiger partial charge in [-0.1, -0.05) is 52.2 Å². The van der Waals surface area contributed by atoms with E-state index in [9.17, 15) is 9.90 Å². The Bertz CT molecular complexity index is 561. The third kappa shape index (κ3) is 2.86. The van der Waals surface area contributed by atoms with Crippen molar-refractivity contribution in [2.75, 3.05) is 7.11 Å². The van der Waals surface area contributed by atoms with Gasteiger partial charge in [-0.25, -0.2) is 0 Å². The highest BCUT2D eigenvalue weighted by molar-refractivity contribution is 5.82. The Labute approximate surface area is 133 Å². The highest BCUT2D eigenvalue weighted by atomic mass is 16.5. The lowest BCUT2D eigenvalue weighted by molar-refractivity contribution is -0.145. The molecule has 1 N–H and O–H groups in total. The molecule has 0 radical (unpaired) electrons. The molecular formula is C19H28O3. The second kappa shape index (κ2) is 5.94. The van der Waals surface area contributed by atoms with Crippen LogP contribution in [0.15, 0.2) is 12.1 Å². The first-order valence-electron chi connectivity index (χ1n) is 8.15. The van der Waals surface area contributed by atoms with E-state index in [4.69, 9.17) is 4.74 Å². The van der Waals surface area contributed by atoms with Gasteiger partial charge in [0.15, 0.2) is 0 Å². The third-order valence-corrected chi connectivity index (χ3v) is 4.96. The lowest BCUT2D eigenvalue weighted by Gasteiger charge is -2.35. The average molecular weight is 304 g/mol. The fraction of sp³-hybridized carbons (Fsp3) is 0.632. The van der Waals surface area contributed by atoms with Crippen LogP contribution in [0.3, 0.4) is 0 Å². The number of carbonyl (C=O) groups is 1. The largest absolute Gasteiger partial charge is 0.496 e. The summed E-state index contributed by atoms with van der Waals surface area (Å²) in [6.45, 7) is 8.43. The van der Waals surface area contributed by atoms with Gasteiger partial charge in [0.25, 0.3) is 0 Å². The van der Waals surface area contributed by atoms with Gasteiger partial charge >= 0.3 is 5.97 Å². The number of rotatable bonds is 3. The molecule has 0 bridgehead atoms. The van der Waals surface area contributed by atoms with Gasteiger partial charge in [-0.15, -0.1) is 0 Å². The first-order chi connectivity index (χ1) is 10.2. The zero-order valence-corrected chi connectivity index (χ0v) is 14.5. The SMILES string of the molecule is COc1c(C)cc(C2(C(=O)O)CCCCC2)cc1C(C)(C)C. The van der Waals surface area contributed by atoms with E-state index in [1.165, 1.54) is 0 Å². The molecule has 122 valence electrons. The lowest BCUT2D eigenvalue weighted by atomic mass is 9.68. The average Bonchev–Trinajstić information content (AvgIpc) is 2.46. The molecule has 1 saturated carbocycles. The summed E-state index contributed by atoms with van der Waals surface area (Å²) in [4.78, 5) is 12.1. The van der Waals surface area contributed by atoms with Crippen molar-refractivity contribution in [1.29, 1.82) is 0 Å². The van der Waals surface area contributed by atoms with Crippen LogP contribution in [0.4, 0.5) is 0 Å². The maximum absolute atomic E-state index is 12.1. The summed E-state index contributed by atoms with van der Waals surface area (Å²) in [6.07, 6.45) is 4.58. The van der Waals surface area contributed by atoms with Gasteiger partial charge in [0, 0.05) is 5.56 Å². The van der Waals surface area contributed by atoms with Crippen molar-refractivity contribution in [2.45, 2.75) is 70.6 Å². The van der Waals surface area contributed by atoms with Crippen LogP contribution < -0.4 is 4.74 Å². The zero-order valence-electron chi connectivity index (χ0n) is 14.5. The van der Waals surface area contributed by atoms with Crippen molar-refractivity contribution < 1.29 is 14.6 Å². The smallest absolute Gasteiger partial charge is 0.314 e. The Hall–Kier alpha value is -1.51. The maximum Gasteiger partial charge on any atom is 0.314 e. The minimum absolute atomic E-state index is 0.0829. The van der Waals surface area contributed by atoms with E-state index in [-0.39, 0.29) is 5.41 Å². The van der Waals surface area contributed by atoms with E-state index >= 15 is 0 Å². The summed E-state index contributed by atoms with van der Waals surface area (Å²) >= 11 is 0. The molecule has 1 fully saturated rings. The quantitative estimate of drug-likeness (QED) is 0.888. The highest BCUT2D eigenvalue weighted by Crippen LogP contribution is 2.44. The molecule has 1 aliphatic rings. The van der Waals surface area contributed by atoms with Crippen LogP contribution >= 0.6 is 0 Å². The predicted molar refractivity (Wildman–Crippen MR) is 88.8 cm³/mol. The normalized spacial score (nSPS) is 18.0. The summed E-state index contributed by atoms with van der Waals surface area (Å²) in [6, 6.07) is 4.10. The van der Waals surface area contributed by atoms with Crippen molar-refractivity contribution in [3.8, 4) is 5.75 Å². The number of methoxy groups -OCH3 is 1. The Kier molecular flexibility index (Phi) is 4.55. The van der Waals surface area contributed by atoms with Gasteiger partial charge in [0.2, 0.25) is 0 Å². The summed E-state index contributed by atoms with van der Waals surface area (Å²) < 4.78 is 5.59. The van der Waals surface area contributed by atoms with Crippen LogP contribution in [0.1, 0.15) is 69.6 Å². The number of hydrogen-bond acceptors (Lipinski definition) is 2. The minimum Gasteiger partial charge on any atom is -0.496 e. The molecule has 2 rings (SSSR count). The second-order valence-electron chi connectivity index (χ2n) is 7.57. The zero-order chi connectivity index (χ0) is 16.5. The van der Waals surface area contributed by atoms with E-state index in [0.717, 1.165) is 54.5 Å². The van der Waals surface area contributed by atoms with Crippen LogP contribution in [0.2, 0.25) is 0 Å².